The second-order valence-corrected chi connectivity index (χ2v) is 21.6. The van der Waals surface area contributed by atoms with Crippen LogP contribution in [0.1, 0.15) is 39.3 Å². The third-order valence-electron chi connectivity index (χ3n) is 9.54. The van der Waals surface area contributed by atoms with E-state index in [9.17, 15) is 0 Å². The van der Waals surface area contributed by atoms with Crippen LogP contribution in [0, 0.1) is 24.1 Å². The molecule has 0 spiro atoms. The van der Waals surface area contributed by atoms with Crippen LogP contribution in [0.3, 0.4) is 0 Å². The Morgan fingerprint density at radius 2 is 0.776 bits per heavy atom. The molecule has 0 aliphatic carbocycles. The topological polar surface area (TPSA) is 33.0 Å². The molecule has 0 fully saturated rings. The Bertz CT molecular complexity index is 2460. The number of rotatable bonds is 9. The van der Waals surface area contributed by atoms with Gasteiger partial charge in [0.1, 0.15) is 0 Å². The van der Waals surface area contributed by atoms with Crippen molar-refractivity contribution in [2.75, 3.05) is 7.11 Å². The maximum atomic E-state index is 8.31. The zero-order valence-electron chi connectivity index (χ0n) is 38.6. The van der Waals surface area contributed by atoms with E-state index < -0.39 is 0 Å². The van der Waals surface area contributed by atoms with Gasteiger partial charge in [-0.2, -0.15) is 0 Å². The van der Waals surface area contributed by atoms with Gasteiger partial charge >= 0.3 is 269 Å². The SMILES string of the molecule is COc1ccc([SeH])cc1.C[Se]c1ccccc1.Cc1ccc(C)cc1.N#C[Se]Cc1ccccc1.c1ccc(C(c2ccccc2)c2ccccc2)cc1.c1ccc([Se]c2ccccc2)cc1. The van der Waals surface area contributed by atoms with E-state index in [-0.39, 0.29) is 15.0 Å². The molecule has 9 aromatic carbocycles. The number of aryl methyl sites for hydroxylation is 2. The fourth-order valence-electron chi connectivity index (χ4n) is 6.09. The second kappa shape index (κ2) is 33.8. The molecule has 67 heavy (non-hydrogen) atoms. The maximum absolute atomic E-state index is 8.31. The molecule has 0 heterocycles. The fraction of sp³-hybridized carbons (Fsp3) is 0.0984. The van der Waals surface area contributed by atoms with Gasteiger partial charge in [0.25, 0.3) is 0 Å². The van der Waals surface area contributed by atoms with Gasteiger partial charge in [0.2, 0.25) is 0 Å². The zero-order chi connectivity index (χ0) is 47.6. The molecule has 0 N–H and O–H groups in total. The van der Waals surface area contributed by atoms with E-state index >= 15 is 0 Å². The van der Waals surface area contributed by atoms with Crippen LogP contribution in [0.15, 0.2) is 261 Å². The molecule has 2 nitrogen and oxygen atoms in total. The fourth-order valence-corrected chi connectivity index (χ4v) is 10.00. The minimum absolute atomic E-state index is 0.126. The van der Waals surface area contributed by atoms with Crippen LogP contribution in [0.5, 0.6) is 5.75 Å². The first-order valence-corrected chi connectivity index (χ1v) is 29.1. The summed E-state index contributed by atoms with van der Waals surface area (Å²) in [6, 6.07) is 90.3. The molecule has 0 aromatic heterocycles. The third-order valence-corrected chi connectivity index (χ3v) is 15.1. The molecule has 0 unspecified atom stereocenters. The molecule has 0 radical (unpaired) electrons. The minimum atomic E-state index is 0.126. The monoisotopic (exact) mass is 1140 g/mol. The molecular weight excluding hydrogens is 1080 g/mol. The number of hydrogen-bond donors (Lipinski definition) is 0. The van der Waals surface area contributed by atoms with Crippen molar-refractivity contribution in [3.8, 4) is 10.7 Å². The van der Waals surface area contributed by atoms with E-state index in [0.29, 0.717) is 35.8 Å². The van der Waals surface area contributed by atoms with Crippen LogP contribution in [-0.2, 0) is 5.32 Å². The Labute approximate surface area is 428 Å². The molecule has 0 saturated heterocycles. The Morgan fingerprint density at radius 1 is 0.448 bits per heavy atom. The standard InChI is InChI=1S/C19H16.C12H10Se.C8H7NSe.C8H10.C7H8OSe.C7H8Se/c1-4-10-16(11-5-1)19(17-12-6-2-7-13-17)18-14-8-3-9-15-18;1-3-7-11(8-4-1)13-12-9-5-2-6-10-12;9-7-10-6-8-4-2-1-3-5-8;1-7-3-5-8(2)6-4-7;1-8-6-2-4-7(9)5-3-6;1-8-7-5-3-2-4-6-7/h1-15,19H;1-10H;1-5H,6H2;3-6H,1-2H3;2-5,9H,1H3;2-6H,1H3. The first kappa shape index (κ1) is 54.0. The van der Waals surface area contributed by atoms with Crippen LogP contribution in [0.4, 0.5) is 0 Å². The number of nitriles is 1. The van der Waals surface area contributed by atoms with E-state index in [1.54, 1.807) is 7.11 Å². The van der Waals surface area contributed by atoms with Crippen molar-refractivity contribution >= 4 is 78.7 Å². The van der Waals surface area contributed by atoms with Crippen molar-refractivity contribution in [2.24, 2.45) is 0 Å². The van der Waals surface area contributed by atoms with Crippen molar-refractivity contribution in [2.45, 2.75) is 30.9 Å². The van der Waals surface area contributed by atoms with Gasteiger partial charge in [-0.15, -0.1) is 0 Å². The van der Waals surface area contributed by atoms with Crippen LogP contribution in [0.25, 0.3) is 0 Å². The van der Waals surface area contributed by atoms with Crippen molar-refractivity contribution in [3.63, 3.8) is 0 Å². The summed E-state index contributed by atoms with van der Waals surface area (Å²) in [5, 5.41) is 9.24. The summed E-state index contributed by atoms with van der Waals surface area (Å²) in [5.41, 5.74) is 7.93. The van der Waals surface area contributed by atoms with Gasteiger partial charge in [0.05, 0.1) is 0 Å². The molecule has 6 heteroatoms. The summed E-state index contributed by atoms with van der Waals surface area (Å²) in [6.07, 6.45) is 0. The Balaban J connectivity index is 0.000000182. The van der Waals surface area contributed by atoms with Gasteiger partial charge in [-0.25, -0.2) is 0 Å². The molecule has 9 rings (SSSR count). The van der Waals surface area contributed by atoms with E-state index in [0.717, 1.165) is 11.1 Å². The predicted molar refractivity (Wildman–Crippen MR) is 293 cm³/mol. The Kier molecular flexibility index (Phi) is 27.2. The quantitative estimate of drug-likeness (QED) is 0.107. The van der Waals surface area contributed by atoms with E-state index in [4.69, 9.17) is 10.00 Å². The number of nitrogens with zero attached hydrogens (tertiary/aromatic N) is 1. The molecule has 0 amide bonds. The third kappa shape index (κ3) is 23.1. The van der Waals surface area contributed by atoms with Crippen LogP contribution in [-0.4, -0.2) is 68.0 Å². The van der Waals surface area contributed by atoms with Crippen LogP contribution >= 0.6 is 0 Å². The normalized spacial score (nSPS) is 9.63. The van der Waals surface area contributed by atoms with Gasteiger partial charge in [-0.1, -0.05) is 126 Å². The number of benzene rings is 9. The first-order valence-electron chi connectivity index (χ1n) is 21.8. The van der Waals surface area contributed by atoms with Gasteiger partial charge < -0.3 is 0 Å². The summed E-state index contributed by atoms with van der Waals surface area (Å²) in [6.45, 7) is 4.19. The predicted octanol–water partition coefficient (Wildman–Crippen LogP) is 11.2. The molecular formula is C61H59NOSe4. The number of methoxy groups -OCH3 is 1. The summed E-state index contributed by atoms with van der Waals surface area (Å²) in [4.78, 5) is 2.18. The average Bonchev–Trinajstić information content (AvgIpc) is 3.40. The average molecular weight is 1140 g/mol. The van der Waals surface area contributed by atoms with E-state index in [1.165, 1.54) is 51.2 Å². The summed E-state index contributed by atoms with van der Waals surface area (Å²) < 4.78 is 10.5. The number of ether oxygens (including phenoxy) is 1. The molecule has 9 aromatic rings. The molecule has 0 aliphatic heterocycles. The molecule has 0 saturated carbocycles. The zero-order valence-corrected chi connectivity index (χ0v) is 45.7. The van der Waals surface area contributed by atoms with Crippen molar-refractivity contribution < 1.29 is 4.74 Å². The van der Waals surface area contributed by atoms with Crippen LogP contribution < -0.4 is 22.6 Å². The van der Waals surface area contributed by atoms with Crippen molar-refractivity contribution in [1.82, 2.24) is 0 Å². The van der Waals surface area contributed by atoms with E-state index in [1.807, 2.05) is 42.5 Å². The summed E-state index contributed by atoms with van der Waals surface area (Å²) >= 11 is 3.73. The van der Waals surface area contributed by atoms with Crippen molar-refractivity contribution in [1.29, 1.82) is 5.26 Å². The molecule has 338 valence electrons. The molecule has 0 bridgehead atoms. The van der Waals surface area contributed by atoms with Gasteiger partial charge in [0, 0.05) is 5.92 Å². The van der Waals surface area contributed by atoms with Crippen LogP contribution in [0.2, 0.25) is 5.82 Å². The number of hydrogen-bond acceptors (Lipinski definition) is 2. The van der Waals surface area contributed by atoms with E-state index in [2.05, 4.69) is 259 Å². The molecule has 0 aliphatic rings. The second-order valence-electron chi connectivity index (χ2n) is 14.6. The van der Waals surface area contributed by atoms with Gasteiger partial charge in [-0.05, 0) is 30.5 Å². The van der Waals surface area contributed by atoms with Crippen molar-refractivity contribution in [3.05, 3.63) is 294 Å². The van der Waals surface area contributed by atoms with Gasteiger partial charge in [-0.3, -0.25) is 0 Å². The summed E-state index contributed by atoms with van der Waals surface area (Å²) in [5.74, 6) is 3.44. The van der Waals surface area contributed by atoms with Gasteiger partial charge in [0.15, 0.2) is 0 Å². The first-order chi connectivity index (χ1) is 32.9. The Morgan fingerprint density at radius 3 is 1.09 bits per heavy atom. The molecule has 0 atom stereocenters. The Hall–Kier alpha value is -5.65. The summed E-state index contributed by atoms with van der Waals surface area (Å²) in [7, 11) is 1.67.